The average molecular weight is 386 g/mol. The highest BCUT2D eigenvalue weighted by Gasteiger charge is 2.86. The molecule has 0 fully saturated rings. The van der Waals surface area contributed by atoms with Crippen molar-refractivity contribution >= 4 is 20.3 Å². The van der Waals surface area contributed by atoms with E-state index in [4.69, 9.17) is 0 Å². The van der Waals surface area contributed by atoms with Gasteiger partial charge in [-0.15, -0.1) is 0 Å². The second kappa shape index (κ2) is 6.52. The Balaban J connectivity index is 7.09. The summed E-state index contributed by atoms with van der Waals surface area (Å²) in [6, 6.07) is 0. The molecule has 142 valence electrons. The molecule has 0 aliphatic heterocycles. The molecule has 6 nitrogen and oxygen atoms in total. The second-order valence-corrected chi connectivity index (χ2v) is 10.0. The van der Waals surface area contributed by atoms with Gasteiger partial charge < -0.3 is 19.0 Å². The van der Waals surface area contributed by atoms with Crippen molar-refractivity contribution in [2.75, 3.05) is 14.2 Å². The molecule has 0 aromatic rings. The number of carbonyl (C=O) groups is 2. The summed E-state index contributed by atoms with van der Waals surface area (Å²) in [5.74, 6) is -5.40. The lowest BCUT2D eigenvalue weighted by Gasteiger charge is -2.46. The topological polar surface area (TPSA) is 82.1 Å². The second-order valence-electron chi connectivity index (χ2n) is 5.58. The van der Waals surface area contributed by atoms with E-state index in [0.29, 0.717) is 14.2 Å². The van der Waals surface area contributed by atoms with Gasteiger partial charge in [-0.25, -0.2) is 9.59 Å². The zero-order valence-electron chi connectivity index (χ0n) is 13.3. The Morgan fingerprint density at radius 1 is 0.833 bits per heavy atom. The SMILES string of the molecule is COC(=O)C(O)(C(F)(F)F)C(O[Si](C)(C)C)(C(=O)OC)C(F)(F)F. The number of esters is 2. The molecule has 24 heavy (non-hydrogen) atoms. The van der Waals surface area contributed by atoms with Gasteiger partial charge in [0.1, 0.15) is 0 Å². The van der Waals surface area contributed by atoms with Crippen molar-refractivity contribution in [3.63, 3.8) is 0 Å². The molecule has 0 saturated heterocycles. The van der Waals surface area contributed by atoms with Crippen LogP contribution in [0.15, 0.2) is 0 Å². The highest BCUT2D eigenvalue weighted by molar-refractivity contribution is 6.70. The first-order valence-corrected chi connectivity index (χ1v) is 9.56. The Bertz CT molecular complexity index is 499. The maximum atomic E-state index is 13.6. The van der Waals surface area contributed by atoms with Crippen LogP contribution in [-0.2, 0) is 23.5 Å². The molecule has 0 amide bonds. The summed E-state index contributed by atoms with van der Waals surface area (Å²) in [6.07, 6.45) is -12.4. The molecular weight excluding hydrogens is 370 g/mol. The normalized spacial score (nSPS) is 18.3. The largest absolute Gasteiger partial charge is 0.467 e. The molecule has 2 unspecified atom stereocenters. The molecule has 13 heteroatoms. The molecular formula is C11H16F6O6Si. The molecule has 0 saturated carbocycles. The van der Waals surface area contributed by atoms with E-state index < -0.39 is 43.8 Å². The van der Waals surface area contributed by atoms with Gasteiger partial charge in [0, 0.05) is 0 Å². The van der Waals surface area contributed by atoms with E-state index in [2.05, 4.69) is 13.9 Å². The van der Waals surface area contributed by atoms with Gasteiger partial charge in [0.2, 0.25) is 0 Å². The number of hydrogen-bond donors (Lipinski definition) is 1. The smallest absolute Gasteiger partial charge is 0.432 e. The minimum absolute atomic E-state index is 0.311. The van der Waals surface area contributed by atoms with Crippen molar-refractivity contribution < 1.29 is 54.9 Å². The monoisotopic (exact) mass is 386 g/mol. The van der Waals surface area contributed by atoms with Crippen LogP contribution in [0.5, 0.6) is 0 Å². The Hall–Kier alpha value is -1.34. The van der Waals surface area contributed by atoms with Gasteiger partial charge in [0.15, 0.2) is 8.32 Å². The van der Waals surface area contributed by atoms with Gasteiger partial charge in [-0.3, -0.25) is 0 Å². The molecule has 2 atom stereocenters. The minimum atomic E-state index is -6.27. The minimum Gasteiger partial charge on any atom is -0.467 e. The highest BCUT2D eigenvalue weighted by Crippen LogP contribution is 2.51. The highest BCUT2D eigenvalue weighted by atomic mass is 28.4. The molecule has 0 bridgehead atoms. The molecule has 0 aromatic carbocycles. The van der Waals surface area contributed by atoms with Crippen LogP contribution in [0.3, 0.4) is 0 Å². The van der Waals surface area contributed by atoms with Crippen molar-refractivity contribution in [2.24, 2.45) is 0 Å². The lowest BCUT2D eigenvalue weighted by molar-refractivity contribution is -0.361. The summed E-state index contributed by atoms with van der Waals surface area (Å²) >= 11 is 0. The molecule has 1 N–H and O–H groups in total. The van der Waals surface area contributed by atoms with Crippen LogP contribution in [0, 0.1) is 0 Å². The Kier molecular flexibility index (Phi) is 6.15. The predicted octanol–water partition coefficient (Wildman–Crippen LogP) is 1.78. The van der Waals surface area contributed by atoms with Crippen molar-refractivity contribution in [3.05, 3.63) is 0 Å². The summed E-state index contributed by atoms with van der Waals surface area (Å²) in [5.41, 5.74) is -10.4. The fourth-order valence-electron chi connectivity index (χ4n) is 1.85. The zero-order valence-corrected chi connectivity index (χ0v) is 14.3. The van der Waals surface area contributed by atoms with Gasteiger partial charge in [0.05, 0.1) is 14.2 Å². The zero-order chi connectivity index (χ0) is 19.8. The number of aliphatic hydroxyl groups is 1. The number of carbonyl (C=O) groups excluding carboxylic acids is 2. The summed E-state index contributed by atoms with van der Waals surface area (Å²) in [6.45, 7) is 3.06. The van der Waals surface area contributed by atoms with Gasteiger partial charge >= 0.3 is 35.5 Å². The number of alkyl halides is 6. The third-order valence-electron chi connectivity index (χ3n) is 2.73. The lowest BCUT2D eigenvalue weighted by atomic mass is 9.81. The van der Waals surface area contributed by atoms with E-state index >= 15 is 0 Å². The lowest BCUT2D eigenvalue weighted by Crippen LogP contribution is -2.79. The quantitative estimate of drug-likeness (QED) is 0.441. The standard InChI is InChI=1S/C11H16F6O6Si/c1-21-6(18)8(20,10(12,13)14)9(7(19)22-2,11(15,16)17)23-24(3,4)5/h20H,1-5H3. The third kappa shape index (κ3) is 3.51. The predicted molar refractivity (Wildman–Crippen MR) is 68.3 cm³/mol. The number of ether oxygens (including phenoxy) is 2. The fraction of sp³-hybridized carbons (Fsp3) is 0.818. The first-order valence-electron chi connectivity index (χ1n) is 6.15. The molecule has 0 aliphatic rings. The number of halogens is 6. The first kappa shape index (κ1) is 22.7. The Morgan fingerprint density at radius 3 is 1.42 bits per heavy atom. The van der Waals surface area contributed by atoms with Crippen LogP contribution < -0.4 is 0 Å². The van der Waals surface area contributed by atoms with Crippen LogP contribution in [-0.4, -0.2) is 63.1 Å². The summed E-state index contributed by atoms with van der Waals surface area (Å²) < 4.78 is 92.6. The van der Waals surface area contributed by atoms with Crippen LogP contribution in [0.2, 0.25) is 19.6 Å². The van der Waals surface area contributed by atoms with Crippen LogP contribution in [0.4, 0.5) is 26.3 Å². The molecule has 0 radical (unpaired) electrons. The molecule has 0 aromatic heterocycles. The van der Waals surface area contributed by atoms with Gasteiger partial charge in [-0.1, -0.05) is 0 Å². The van der Waals surface area contributed by atoms with Gasteiger partial charge in [-0.2, -0.15) is 26.3 Å². The van der Waals surface area contributed by atoms with E-state index in [0.717, 1.165) is 19.6 Å². The molecule has 0 spiro atoms. The Labute approximate surface area is 133 Å². The maximum Gasteiger partial charge on any atom is 0.432 e. The maximum absolute atomic E-state index is 13.6. The van der Waals surface area contributed by atoms with Crippen molar-refractivity contribution in [3.8, 4) is 0 Å². The number of methoxy groups -OCH3 is 2. The summed E-state index contributed by atoms with van der Waals surface area (Å²) in [5, 5.41) is 9.80. The van der Waals surface area contributed by atoms with Crippen LogP contribution in [0.1, 0.15) is 0 Å². The first-order chi connectivity index (χ1) is 10.4. The number of hydrogen-bond acceptors (Lipinski definition) is 6. The third-order valence-corrected chi connectivity index (χ3v) is 3.65. The van der Waals surface area contributed by atoms with E-state index in [1.807, 2.05) is 0 Å². The van der Waals surface area contributed by atoms with Crippen molar-refractivity contribution in [2.45, 2.75) is 43.2 Å². The van der Waals surface area contributed by atoms with Crippen LogP contribution >= 0.6 is 0 Å². The van der Waals surface area contributed by atoms with E-state index in [9.17, 15) is 41.0 Å². The summed E-state index contributed by atoms with van der Waals surface area (Å²) in [7, 11) is -2.95. The van der Waals surface area contributed by atoms with Gasteiger partial charge in [-0.05, 0) is 19.6 Å². The fourth-order valence-corrected chi connectivity index (χ4v) is 3.12. The van der Waals surface area contributed by atoms with Crippen LogP contribution in [0.25, 0.3) is 0 Å². The van der Waals surface area contributed by atoms with E-state index in [1.54, 1.807) is 0 Å². The van der Waals surface area contributed by atoms with E-state index in [-0.39, 0.29) is 0 Å². The molecule has 0 heterocycles. The Morgan fingerprint density at radius 2 is 1.21 bits per heavy atom. The van der Waals surface area contributed by atoms with Gasteiger partial charge in [0.25, 0.3) is 0 Å². The number of rotatable bonds is 5. The van der Waals surface area contributed by atoms with Crippen molar-refractivity contribution in [1.82, 2.24) is 0 Å². The molecule has 0 aliphatic carbocycles. The van der Waals surface area contributed by atoms with E-state index in [1.165, 1.54) is 0 Å². The average Bonchev–Trinajstić information content (AvgIpc) is 2.38. The van der Waals surface area contributed by atoms with Crippen molar-refractivity contribution in [1.29, 1.82) is 0 Å². The summed E-state index contributed by atoms with van der Waals surface area (Å²) in [4.78, 5) is 23.3. The molecule has 0 rings (SSSR count).